The fourth-order valence-corrected chi connectivity index (χ4v) is 0.408. The third kappa shape index (κ3) is 5.88. The molecule has 0 aliphatic carbocycles. The molecule has 8 heavy (non-hydrogen) atoms. The minimum Gasteiger partial charge on any atom is -0.772 e. The molecule has 0 aliphatic rings. The van der Waals surface area contributed by atoms with E-state index in [0.29, 0.717) is 6.42 Å². The van der Waals surface area contributed by atoms with Gasteiger partial charge in [0.1, 0.15) is 0 Å². The Morgan fingerprint density at radius 3 is 2.12 bits per heavy atom. The van der Waals surface area contributed by atoms with Crippen LogP contribution in [0.25, 0.3) is 0 Å². The van der Waals surface area contributed by atoms with Crippen molar-refractivity contribution in [1.82, 2.24) is 0 Å². The van der Waals surface area contributed by atoms with Crippen molar-refractivity contribution in [2.45, 2.75) is 25.5 Å². The minimum atomic E-state index is -1.86. The molecule has 2 atom stereocenters. The van der Waals surface area contributed by atoms with Gasteiger partial charge in [0.2, 0.25) is 0 Å². The molecular formula is C4H9KO2S. The Bertz CT molecular complexity index is 76.4. The second kappa shape index (κ2) is 6.86. The molecule has 0 fully saturated rings. The zero-order valence-corrected chi connectivity index (χ0v) is 9.45. The van der Waals surface area contributed by atoms with Crippen LogP contribution in [0.2, 0.25) is 0 Å². The van der Waals surface area contributed by atoms with Crippen LogP contribution in [0.5, 0.6) is 0 Å². The summed E-state index contributed by atoms with van der Waals surface area (Å²) in [4.78, 5) is 0. The van der Waals surface area contributed by atoms with Gasteiger partial charge in [-0.15, -0.1) is 0 Å². The summed E-state index contributed by atoms with van der Waals surface area (Å²) in [6, 6.07) is 0. The van der Waals surface area contributed by atoms with Crippen LogP contribution < -0.4 is 51.4 Å². The van der Waals surface area contributed by atoms with E-state index in [2.05, 4.69) is 0 Å². The molecule has 0 amide bonds. The molecule has 0 aliphatic heterocycles. The van der Waals surface area contributed by atoms with E-state index in [9.17, 15) is 8.76 Å². The fraction of sp³-hybridized carbons (Fsp3) is 1.00. The van der Waals surface area contributed by atoms with Gasteiger partial charge in [0, 0.05) is 5.25 Å². The first-order valence-electron chi connectivity index (χ1n) is 2.26. The fourth-order valence-electron chi connectivity index (χ4n) is 0.136. The second-order valence-corrected chi connectivity index (χ2v) is 2.81. The molecule has 0 aromatic heterocycles. The van der Waals surface area contributed by atoms with E-state index in [1.54, 1.807) is 6.92 Å². The van der Waals surface area contributed by atoms with E-state index < -0.39 is 11.1 Å². The van der Waals surface area contributed by atoms with E-state index in [-0.39, 0.29) is 56.6 Å². The molecule has 0 spiro atoms. The smallest absolute Gasteiger partial charge is 0.772 e. The molecule has 0 heterocycles. The first-order valence-corrected chi connectivity index (χ1v) is 3.40. The van der Waals surface area contributed by atoms with Crippen molar-refractivity contribution in [1.29, 1.82) is 0 Å². The van der Waals surface area contributed by atoms with E-state index in [1.807, 2.05) is 6.92 Å². The Balaban J connectivity index is 0. The Morgan fingerprint density at radius 1 is 1.75 bits per heavy atom. The Morgan fingerprint density at radius 2 is 2.12 bits per heavy atom. The van der Waals surface area contributed by atoms with Crippen molar-refractivity contribution in [3.63, 3.8) is 0 Å². The zero-order chi connectivity index (χ0) is 5.86. The van der Waals surface area contributed by atoms with Crippen LogP contribution in [0, 0.1) is 0 Å². The normalized spacial score (nSPS) is 16.4. The van der Waals surface area contributed by atoms with Gasteiger partial charge in [-0.05, 0) is 6.42 Å². The SMILES string of the molecule is CCC(C)S(=O)[O-].[K+]. The first kappa shape index (κ1) is 12.4. The van der Waals surface area contributed by atoms with Crippen LogP contribution in [0.15, 0.2) is 0 Å². The van der Waals surface area contributed by atoms with Gasteiger partial charge < -0.3 is 4.55 Å². The largest absolute Gasteiger partial charge is 1.00 e. The molecular weight excluding hydrogens is 151 g/mol. The Kier molecular flexibility index (Phi) is 10.7. The van der Waals surface area contributed by atoms with Crippen molar-refractivity contribution in [2.24, 2.45) is 0 Å². The van der Waals surface area contributed by atoms with Crippen molar-refractivity contribution in [2.75, 3.05) is 0 Å². The van der Waals surface area contributed by atoms with E-state index in [0.717, 1.165) is 0 Å². The number of hydrogen-bond donors (Lipinski definition) is 0. The van der Waals surface area contributed by atoms with Crippen LogP contribution in [-0.2, 0) is 11.1 Å². The summed E-state index contributed by atoms with van der Waals surface area (Å²) in [6.07, 6.45) is 0.704. The van der Waals surface area contributed by atoms with Crippen LogP contribution in [0.3, 0.4) is 0 Å². The molecule has 0 saturated heterocycles. The third-order valence-electron chi connectivity index (χ3n) is 0.903. The molecule has 0 bridgehead atoms. The Hall–Kier alpha value is 1.75. The quantitative estimate of drug-likeness (QED) is 0.336. The summed E-state index contributed by atoms with van der Waals surface area (Å²) in [5.41, 5.74) is 0. The van der Waals surface area contributed by atoms with Gasteiger partial charge >= 0.3 is 51.4 Å². The predicted molar refractivity (Wildman–Crippen MR) is 28.7 cm³/mol. The third-order valence-corrected chi connectivity index (χ3v) is 1.89. The molecule has 4 heteroatoms. The zero-order valence-electron chi connectivity index (χ0n) is 5.51. The first-order chi connectivity index (χ1) is 3.18. The minimum absolute atomic E-state index is 0. The number of rotatable bonds is 2. The van der Waals surface area contributed by atoms with Gasteiger partial charge in [0.25, 0.3) is 0 Å². The summed E-state index contributed by atoms with van der Waals surface area (Å²) in [5, 5.41) is -0.181. The molecule has 0 rings (SSSR count). The standard InChI is InChI=1S/C4H10O2S.K/c1-3-4(2)7(5)6;/h4H,3H2,1-2H3,(H,5,6);/q;+1/p-1. The molecule has 0 radical (unpaired) electrons. The van der Waals surface area contributed by atoms with Crippen molar-refractivity contribution >= 4 is 11.1 Å². The molecule has 0 aromatic carbocycles. The van der Waals surface area contributed by atoms with Crippen molar-refractivity contribution < 1.29 is 60.1 Å². The van der Waals surface area contributed by atoms with Gasteiger partial charge in [0.15, 0.2) is 0 Å². The van der Waals surface area contributed by atoms with Gasteiger partial charge in [-0.2, -0.15) is 0 Å². The predicted octanol–water partition coefficient (Wildman–Crippen LogP) is -2.33. The summed E-state index contributed by atoms with van der Waals surface area (Å²) in [6.45, 7) is 3.53. The van der Waals surface area contributed by atoms with E-state index >= 15 is 0 Å². The second-order valence-electron chi connectivity index (χ2n) is 1.48. The molecule has 44 valence electrons. The van der Waals surface area contributed by atoms with Crippen molar-refractivity contribution in [3.8, 4) is 0 Å². The maximum Gasteiger partial charge on any atom is 1.00 e. The Labute approximate surface area is 95.1 Å². The maximum atomic E-state index is 9.93. The molecule has 0 aromatic rings. The van der Waals surface area contributed by atoms with Gasteiger partial charge in [-0.3, -0.25) is 4.21 Å². The summed E-state index contributed by atoms with van der Waals surface area (Å²) in [5.74, 6) is 0. The summed E-state index contributed by atoms with van der Waals surface area (Å²) < 4.78 is 19.9. The number of hydrogen-bond acceptors (Lipinski definition) is 2. The average molecular weight is 160 g/mol. The average Bonchev–Trinajstić information content (AvgIpc) is 1.65. The van der Waals surface area contributed by atoms with Crippen LogP contribution in [-0.4, -0.2) is 14.0 Å². The van der Waals surface area contributed by atoms with E-state index in [1.165, 1.54) is 0 Å². The van der Waals surface area contributed by atoms with Gasteiger partial charge in [0.05, 0.1) is 0 Å². The molecule has 0 saturated carbocycles. The maximum absolute atomic E-state index is 9.93. The van der Waals surface area contributed by atoms with Gasteiger partial charge in [-0.25, -0.2) is 0 Å². The summed E-state index contributed by atoms with van der Waals surface area (Å²) >= 11 is -1.86. The monoisotopic (exact) mass is 160 g/mol. The van der Waals surface area contributed by atoms with Crippen LogP contribution in [0.1, 0.15) is 20.3 Å². The topological polar surface area (TPSA) is 40.1 Å². The molecule has 2 nitrogen and oxygen atoms in total. The van der Waals surface area contributed by atoms with Crippen LogP contribution in [0.4, 0.5) is 0 Å². The van der Waals surface area contributed by atoms with Gasteiger partial charge in [-0.1, -0.05) is 24.9 Å². The molecule has 2 unspecified atom stereocenters. The van der Waals surface area contributed by atoms with Crippen LogP contribution >= 0.6 is 0 Å². The van der Waals surface area contributed by atoms with Crippen molar-refractivity contribution in [3.05, 3.63) is 0 Å². The molecule has 0 N–H and O–H groups in total. The van der Waals surface area contributed by atoms with E-state index in [4.69, 9.17) is 0 Å². The summed E-state index contributed by atoms with van der Waals surface area (Å²) in [7, 11) is 0.